The lowest BCUT2D eigenvalue weighted by Gasteiger charge is -2.35. The molecule has 1 aromatic carbocycles. The molecule has 10 heteroatoms. The van der Waals surface area contributed by atoms with Crippen molar-refractivity contribution in [3.05, 3.63) is 35.2 Å². The van der Waals surface area contributed by atoms with Gasteiger partial charge in [-0.2, -0.15) is 0 Å². The van der Waals surface area contributed by atoms with Crippen LogP contribution < -0.4 is 10.1 Å². The Morgan fingerprint density at radius 1 is 1.11 bits per heavy atom. The molecule has 0 atom stereocenters. The van der Waals surface area contributed by atoms with Gasteiger partial charge in [0.2, 0.25) is 5.91 Å². The molecule has 1 saturated carbocycles. The largest absolute Gasteiger partial charge is 0.497 e. The van der Waals surface area contributed by atoms with Crippen molar-refractivity contribution in [1.29, 1.82) is 0 Å². The second-order valence-electron chi connectivity index (χ2n) is 8.68. The number of ether oxygens (including phenoxy) is 2. The number of methoxy groups -OCH3 is 1. The van der Waals surface area contributed by atoms with E-state index in [1.165, 1.54) is 16.2 Å². The number of likely N-dealkylation sites (N-methyl/N-ethyl adjacent to an activating group) is 1. The molecule has 1 aliphatic carbocycles. The summed E-state index contributed by atoms with van der Waals surface area (Å²) in [7, 11) is 3.20. The van der Waals surface area contributed by atoms with Gasteiger partial charge in [0.25, 0.3) is 5.91 Å². The number of benzene rings is 1. The van der Waals surface area contributed by atoms with E-state index in [0.717, 1.165) is 29.7 Å². The highest BCUT2D eigenvalue weighted by Gasteiger charge is 2.55. The van der Waals surface area contributed by atoms with Crippen LogP contribution in [0.1, 0.15) is 49.4 Å². The number of rotatable bonds is 7. The van der Waals surface area contributed by atoms with Crippen LogP contribution in [0.15, 0.2) is 29.6 Å². The summed E-state index contributed by atoms with van der Waals surface area (Å²) in [6, 6.07) is 6.72. The van der Waals surface area contributed by atoms with E-state index in [0.29, 0.717) is 29.2 Å². The fourth-order valence-corrected chi connectivity index (χ4v) is 5.79. The highest BCUT2D eigenvalue weighted by atomic mass is 32.1. The Bertz CT molecular complexity index is 1140. The van der Waals surface area contributed by atoms with Crippen LogP contribution in [0.25, 0.3) is 11.1 Å². The molecule has 1 aliphatic heterocycles. The first-order valence-electron chi connectivity index (χ1n) is 11.6. The molecule has 4 rings (SSSR count). The predicted molar refractivity (Wildman–Crippen MR) is 132 cm³/mol. The fourth-order valence-electron chi connectivity index (χ4n) is 4.82. The number of nitrogens with one attached hydrogen (secondary N) is 1. The molecular formula is C25H29N3O6S. The first-order valence-corrected chi connectivity index (χ1v) is 12.5. The molecule has 0 radical (unpaired) electrons. The van der Waals surface area contributed by atoms with Crippen LogP contribution in [-0.4, -0.2) is 66.5 Å². The number of hydrogen-bond donors (Lipinski definition) is 1. The summed E-state index contributed by atoms with van der Waals surface area (Å²) in [5, 5.41) is 4.80. The number of amides is 4. The van der Waals surface area contributed by atoms with E-state index in [2.05, 4.69) is 5.32 Å². The lowest BCUT2D eigenvalue weighted by atomic mass is 9.81. The maximum Gasteiger partial charge on any atom is 0.341 e. The van der Waals surface area contributed by atoms with Crippen molar-refractivity contribution in [3.63, 3.8) is 0 Å². The summed E-state index contributed by atoms with van der Waals surface area (Å²) in [5.41, 5.74) is 0.753. The average Bonchev–Trinajstić information content (AvgIpc) is 3.35. The zero-order valence-corrected chi connectivity index (χ0v) is 20.9. The molecule has 9 nitrogen and oxygen atoms in total. The molecule has 1 N–H and O–H groups in total. The molecule has 2 aromatic rings. The molecule has 2 heterocycles. The van der Waals surface area contributed by atoms with Gasteiger partial charge < -0.3 is 19.7 Å². The summed E-state index contributed by atoms with van der Waals surface area (Å²) < 4.78 is 10.4. The van der Waals surface area contributed by atoms with Crippen molar-refractivity contribution in [2.24, 2.45) is 0 Å². The van der Waals surface area contributed by atoms with Gasteiger partial charge in [0, 0.05) is 18.0 Å². The lowest BCUT2D eigenvalue weighted by molar-refractivity contribution is -0.136. The van der Waals surface area contributed by atoms with E-state index >= 15 is 0 Å². The maximum atomic E-state index is 13.2. The van der Waals surface area contributed by atoms with Crippen LogP contribution in [0.4, 0.5) is 9.80 Å². The Hall–Kier alpha value is -3.40. The Morgan fingerprint density at radius 3 is 2.43 bits per heavy atom. The minimum atomic E-state index is -0.851. The highest BCUT2D eigenvalue weighted by Crippen LogP contribution is 2.40. The minimum absolute atomic E-state index is 0.176. The minimum Gasteiger partial charge on any atom is -0.497 e. The molecule has 2 aliphatic rings. The van der Waals surface area contributed by atoms with Gasteiger partial charge in [0.1, 0.15) is 28.4 Å². The van der Waals surface area contributed by atoms with Gasteiger partial charge in [0.05, 0.1) is 13.7 Å². The third-order valence-corrected chi connectivity index (χ3v) is 7.61. The van der Waals surface area contributed by atoms with Gasteiger partial charge in [-0.1, -0.05) is 31.4 Å². The molecule has 0 unspecified atom stereocenters. The number of carbonyl (C=O) groups excluding carboxylic acids is 4. The average molecular weight is 500 g/mol. The van der Waals surface area contributed by atoms with Crippen molar-refractivity contribution in [2.45, 2.75) is 44.6 Å². The van der Waals surface area contributed by atoms with Crippen LogP contribution in [0.2, 0.25) is 0 Å². The number of anilines is 1. The lowest BCUT2D eigenvalue weighted by Crippen LogP contribution is -2.49. The van der Waals surface area contributed by atoms with E-state index in [1.54, 1.807) is 38.6 Å². The summed E-state index contributed by atoms with van der Waals surface area (Å²) in [6.45, 7) is 1.47. The molecule has 35 heavy (non-hydrogen) atoms. The van der Waals surface area contributed by atoms with E-state index in [1.807, 2.05) is 12.1 Å². The van der Waals surface area contributed by atoms with Gasteiger partial charge in [-0.3, -0.25) is 14.5 Å². The number of thiophene rings is 1. The SMILES string of the molecule is CCOC(=O)c1c(-c2ccc(OC)cc2)csc1NC(=O)CN1C(=O)N(C)C2(CCCCC2)C1=O. The molecule has 186 valence electrons. The maximum absolute atomic E-state index is 13.2. The standard InChI is InChI=1S/C25H29N3O6S/c1-4-34-22(30)20-18(16-8-10-17(33-3)11-9-16)15-35-21(20)26-19(29)14-28-23(31)25(27(2)24(28)32)12-6-5-7-13-25/h8-11,15H,4-7,12-14H2,1-3H3,(H,26,29). The fraction of sp³-hybridized carbons (Fsp3) is 0.440. The summed E-state index contributed by atoms with van der Waals surface area (Å²) >= 11 is 1.18. The Balaban J connectivity index is 1.56. The van der Waals surface area contributed by atoms with Gasteiger partial charge in [-0.25, -0.2) is 9.59 Å². The van der Waals surface area contributed by atoms with Gasteiger partial charge in [-0.15, -0.1) is 11.3 Å². The smallest absolute Gasteiger partial charge is 0.341 e. The molecule has 1 saturated heterocycles. The topological polar surface area (TPSA) is 105 Å². The molecule has 1 aromatic heterocycles. The molecule has 1 spiro atoms. The van der Waals surface area contributed by atoms with E-state index < -0.39 is 30.0 Å². The van der Waals surface area contributed by atoms with E-state index in [-0.39, 0.29) is 18.1 Å². The normalized spacial score (nSPS) is 17.1. The third kappa shape index (κ3) is 4.50. The number of nitrogens with zero attached hydrogens (tertiary/aromatic N) is 2. The van der Waals surface area contributed by atoms with Gasteiger partial charge >= 0.3 is 12.0 Å². The molecule has 0 bridgehead atoms. The zero-order valence-electron chi connectivity index (χ0n) is 20.1. The quantitative estimate of drug-likeness (QED) is 0.454. The van der Waals surface area contributed by atoms with Crippen LogP contribution in [0.5, 0.6) is 5.75 Å². The van der Waals surface area contributed by atoms with Crippen molar-refractivity contribution in [3.8, 4) is 16.9 Å². The Morgan fingerprint density at radius 2 is 1.80 bits per heavy atom. The third-order valence-electron chi connectivity index (χ3n) is 6.71. The van der Waals surface area contributed by atoms with Crippen LogP contribution in [-0.2, 0) is 14.3 Å². The summed E-state index contributed by atoms with van der Waals surface area (Å²) in [5.74, 6) is -0.767. The molecule has 4 amide bonds. The Labute approximate surface area is 208 Å². The van der Waals surface area contributed by atoms with Crippen molar-refractivity contribution in [2.75, 3.05) is 32.6 Å². The summed E-state index contributed by atoms with van der Waals surface area (Å²) in [4.78, 5) is 54.3. The number of urea groups is 1. The van der Waals surface area contributed by atoms with Crippen LogP contribution >= 0.6 is 11.3 Å². The first-order chi connectivity index (χ1) is 16.8. The predicted octanol–water partition coefficient (Wildman–Crippen LogP) is 4.14. The second kappa shape index (κ2) is 10.1. The second-order valence-corrected chi connectivity index (χ2v) is 9.56. The van der Waals surface area contributed by atoms with Crippen LogP contribution in [0.3, 0.4) is 0 Å². The highest BCUT2D eigenvalue weighted by molar-refractivity contribution is 7.15. The van der Waals surface area contributed by atoms with Gasteiger partial charge in [-0.05, 0) is 37.5 Å². The zero-order chi connectivity index (χ0) is 25.2. The first kappa shape index (κ1) is 24.7. The van der Waals surface area contributed by atoms with Crippen molar-refractivity contribution in [1.82, 2.24) is 9.80 Å². The Kier molecular flexibility index (Phi) is 7.11. The number of carbonyl (C=O) groups is 4. The van der Waals surface area contributed by atoms with Crippen molar-refractivity contribution < 1.29 is 28.7 Å². The summed E-state index contributed by atoms with van der Waals surface area (Å²) in [6.07, 6.45) is 3.99. The van der Waals surface area contributed by atoms with Crippen LogP contribution in [0, 0.1) is 0 Å². The molecule has 2 fully saturated rings. The number of hydrogen-bond acceptors (Lipinski definition) is 7. The van der Waals surface area contributed by atoms with Crippen molar-refractivity contribution >= 4 is 40.2 Å². The molecular weight excluding hydrogens is 470 g/mol. The number of esters is 1. The van der Waals surface area contributed by atoms with E-state index in [4.69, 9.17) is 9.47 Å². The monoisotopic (exact) mass is 499 g/mol. The van der Waals surface area contributed by atoms with Gasteiger partial charge in [0.15, 0.2) is 0 Å². The number of imide groups is 1. The van der Waals surface area contributed by atoms with E-state index in [9.17, 15) is 19.2 Å².